The normalized spacial score (nSPS) is 16.9. The molecule has 152 valence electrons. The van der Waals surface area contributed by atoms with Crippen LogP contribution in [0.1, 0.15) is 42.6 Å². The van der Waals surface area contributed by atoms with Crippen LogP contribution in [0.3, 0.4) is 0 Å². The van der Waals surface area contributed by atoms with Crippen molar-refractivity contribution in [3.05, 3.63) is 42.4 Å². The fraction of sp³-hybridized carbons (Fsp3) is 0.429. The number of amides is 2. The summed E-state index contributed by atoms with van der Waals surface area (Å²) in [5, 5.41) is 2.97. The van der Waals surface area contributed by atoms with Crippen molar-refractivity contribution in [2.24, 2.45) is 5.92 Å². The second kappa shape index (κ2) is 8.06. The molecular weight excluding hydrogens is 370 g/mol. The summed E-state index contributed by atoms with van der Waals surface area (Å²) in [6.07, 6.45) is 5.38. The molecule has 2 amide bonds. The minimum atomic E-state index is -0.135. The number of rotatable bonds is 5. The van der Waals surface area contributed by atoms with E-state index in [0.717, 1.165) is 36.1 Å². The summed E-state index contributed by atoms with van der Waals surface area (Å²) < 4.78 is 7.20. The van der Waals surface area contributed by atoms with E-state index >= 15 is 0 Å². The van der Waals surface area contributed by atoms with E-state index in [9.17, 15) is 9.59 Å². The molecule has 0 saturated carbocycles. The fourth-order valence-corrected chi connectivity index (χ4v) is 3.91. The number of hydrogen-bond donors (Lipinski definition) is 1. The van der Waals surface area contributed by atoms with E-state index in [4.69, 9.17) is 4.42 Å². The van der Waals surface area contributed by atoms with E-state index in [2.05, 4.69) is 26.8 Å². The zero-order valence-electron chi connectivity index (χ0n) is 16.7. The van der Waals surface area contributed by atoms with Gasteiger partial charge in [0.1, 0.15) is 6.26 Å². The van der Waals surface area contributed by atoms with Crippen LogP contribution in [-0.2, 0) is 11.3 Å². The van der Waals surface area contributed by atoms with Gasteiger partial charge in [0.25, 0.3) is 5.91 Å². The lowest BCUT2D eigenvalue weighted by molar-refractivity contribution is -0.117. The van der Waals surface area contributed by atoms with Gasteiger partial charge in [-0.15, -0.1) is 0 Å². The predicted octanol–water partition coefficient (Wildman–Crippen LogP) is 3.23. The topological polar surface area (TPSA) is 93.3 Å². The summed E-state index contributed by atoms with van der Waals surface area (Å²) in [6, 6.07) is 5.77. The van der Waals surface area contributed by atoms with Gasteiger partial charge in [0.15, 0.2) is 11.6 Å². The Morgan fingerprint density at radius 2 is 2.21 bits per heavy atom. The van der Waals surface area contributed by atoms with Gasteiger partial charge in [-0.2, -0.15) is 0 Å². The summed E-state index contributed by atoms with van der Waals surface area (Å²) in [4.78, 5) is 35.4. The minimum absolute atomic E-state index is 0.0455. The first-order valence-corrected chi connectivity index (χ1v) is 9.99. The van der Waals surface area contributed by atoms with Crippen molar-refractivity contribution in [2.75, 3.05) is 18.4 Å². The summed E-state index contributed by atoms with van der Waals surface area (Å²) in [5.41, 5.74) is 2.98. The third kappa shape index (κ3) is 4.16. The number of anilines is 1. The number of oxazole rings is 1. The molecule has 29 heavy (non-hydrogen) atoms. The summed E-state index contributed by atoms with van der Waals surface area (Å²) in [5.74, 6) is 0.422. The smallest absolute Gasteiger partial charge is 0.275 e. The van der Waals surface area contributed by atoms with Crippen LogP contribution in [0, 0.1) is 12.8 Å². The highest BCUT2D eigenvalue weighted by Crippen LogP contribution is 2.23. The predicted molar refractivity (Wildman–Crippen MR) is 109 cm³/mol. The first-order valence-electron chi connectivity index (χ1n) is 9.99. The quantitative estimate of drug-likeness (QED) is 0.716. The van der Waals surface area contributed by atoms with Crippen molar-refractivity contribution in [1.29, 1.82) is 0 Å². The van der Waals surface area contributed by atoms with Crippen molar-refractivity contribution in [2.45, 2.75) is 39.7 Å². The van der Waals surface area contributed by atoms with E-state index < -0.39 is 0 Å². The Morgan fingerprint density at radius 1 is 1.34 bits per heavy atom. The van der Waals surface area contributed by atoms with Crippen molar-refractivity contribution < 1.29 is 14.0 Å². The Kier molecular flexibility index (Phi) is 5.33. The van der Waals surface area contributed by atoms with E-state index in [0.29, 0.717) is 31.1 Å². The van der Waals surface area contributed by atoms with Gasteiger partial charge >= 0.3 is 0 Å². The maximum absolute atomic E-state index is 12.6. The van der Waals surface area contributed by atoms with Gasteiger partial charge < -0.3 is 19.2 Å². The Morgan fingerprint density at radius 3 is 2.97 bits per heavy atom. The number of hydrogen-bond acceptors (Lipinski definition) is 5. The highest BCUT2D eigenvalue weighted by atomic mass is 16.3. The monoisotopic (exact) mass is 395 g/mol. The van der Waals surface area contributed by atoms with Crippen LogP contribution in [0.25, 0.3) is 11.0 Å². The molecule has 8 nitrogen and oxygen atoms in total. The zero-order valence-corrected chi connectivity index (χ0v) is 16.7. The molecule has 1 atom stereocenters. The lowest BCUT2D eigenvalue weighted by Crippen LogP contribution is -2.41. The molecule has 1 aliphatic rings. The number of aryl methyl sites for hydroxylation is 2. The van der Waals surface area contributed by atoms with E-state index in [1.54, 1.807) is 18.2 Å². The van der Waals surface area contributed by atoms with Gasteiger partial charge in [0.05, 0.1) is 17.4 Å². The first kappa shape index (κ1) is 19.2. The van der Waals surface area contributed by atoms with Crippen molar-refractivity contribution in [3.63, 3.8) is 0 Å². The molecule has 2 aromatic heterocycles. The maximum atomic E-state index is 12.6. The highest BCUT2D eigenvalue weighted by Gasteiger charge is 2.27. The van der Waals surface area contributed by atoms with Gasteiger partial charge in [-0.25, -0.2) is 9.97 Å². The number of piperidine rings is 1. The molecule has 0 radical (unpaired) electrons. The van der Waals surface area contributed by atoms with Gasteiger partial charge in [-0.1, -0.05) is 0 Å². The molecule has 1 saturated heterocycles. The summed E-state index contributed by atoms with van der Waals surface area (Å²) in [7, 11) is 0. The molecule has 1 fully saturated rings. The Bertz CT molecular complexity index is 1040. The Labute approximate surface area is 168 Å². The number of carbonyl (C=O) groups is 2. The molecule has 1 N–H and O–H groups in total. The van der Waals surface area contributed by atoms with Gasteiger partial charge in [-0.05, 0) is 43.9 Å². The molecular formula is C21H25N5O3. The average molecular weight is 395 g/mol. The van der Waals surface area contributed by atoms with Gasteiger partial charge in [0, 0.05) is 38.7 Å². The molecule has 0 spiro atoms. The molecule has 1 aliphatic heterocycles. The zero-order chi connectivity index (χ0) is 20.4. The number of imidazole rings is 1. The van der Waals surface area contributed by atoms with Crippen LogP contribution in [0.15, 0.2) is 35.2 Å². The molecule has 3 aromatic rings. The molecule has 3 heterocycles. The van der Waals surface area contributed by atoms with Crippen LogP contribution in [0.2, 0.25) is 0 Å². The largest absolute Gasteiger partial charge is 0.448 e. The van der Waals surface area contributed by atoms with Gasteiger partial charge in [-0.3, -0.25) is 9.59 Å². The highest BCUT2D eigenvalue weighted by molar-refractivity contribution is 5.94. The van der Waals surface area contributed by atoms with E-state index in [-0.39, 0.29) is 17.7 Å². The SMILES string of the molecule is CCn1cnc2cc(NC(=O)CC3CCCN(C(=O)c4coc(C)n4)C3)ccc21. The molecule has 1 unspecified atom stereocenters. The van der Waals surface area contributed by atoms with Crippen LogP contribution in [0.5, 0.6) is 0 Å². The first-order chi connectivity index (χ1) is 14.0. The van der Waals surface area contributed by atoms with Crippen molar-refractivity contribution in [3.8, 4) is 0 Å². The number of nitrogens with zero attached hydrogens (tertiary/aromatic N) is 4. The fourth-order valence-electron chi connectivity index (χ4n) is 3.91. The van der Waals surface area contributed by atoms with E-state index in [1.807, 2.05) is 18.2 Å². The Balaban J connectivity index is 1.36. The number of carbonyl (C=O) groups excluding carboxylic acids is 2. The number of fused-ring (bicyclic) bond motifs is 1. The molecule has 1 aromatic carbocycles. The summed E-state index contributed by atoms with van der Waals surface area (Å²) >= 11 is 0. The van der Waals surface area contributed by atoms with Crippen LogP contribution < -0.4 is 5.32 Å². The van der Waals surface area contributed by atoms with Crippen molar-refractivity contribution in [1.82, 2.24) is 19.4 Å². The average Bonchev–Trinajstić information content (AvgIpc) is 3.33. The third-order valence-corrected chi connectivity index (χ3v) is 5.36. The molecule has 4 rings (SSSR count). The van der Waals surface area contributed by atoms with Crippen molar-refractivity contribution >= 4 is 28.5 Å². The van der Waals surface area contributed by atoms with Crippen LogP contribution >= 0.6 is 0 Å². The standard InChI is InChI=1S/C21H25N5O3/c1-3-25-13-22-17-10-16(6-7-19(17)25)24-20(27)9-15-5-4-8-26(11-15)21(28)18-12-29-14(2)23-18/h6-7,10,12-13,15H,3-5,8-9,11H2,1-2H3,(H,24,27). The van der Waals surface area contributed by atoms with Crippen LogP contribution in [-0.4, -0.2) is 44.3 Å². The maximum Gasteiger partial charge on any atom is 0.275 e. The number of benzene rings is 1. The molecule has 8 heteroatoms. The minimum Gasteiger partial charge on any atom is -0.448 e. The molecule has 0 bridgehead atoms. The lowest BCUT2D eigenvalue weighted by Gasteiger charge is -2.32. The number of aromatic nitrogens is 3. The third-order valence-electron chi connectivity index (χ3n) is 5.36. The second-order valence-corrected chi connectivity index (χ2v) is 7.50. The summed E-state index contributed by atoms with van der Waals surface area (Å²) in [6.45, 7) is 5.87. The van der Waals surface area contributed by atoms with Gasteiger partial charge in [0.2, 0.25) is 5.91 Å². The number of nitrogens with one attached hydrogen (secondary N) is 1. The lowest BCUT2D eigenvalue weighted by atomic mass is 9.94. The molecule has 0 aliphatic carbocycles. The van der Waals surface area contributed by atoms with Crippen LogP contribution in [0.4, 0.5) is 5.69 Å². The van der Waals surface area contributed by atoms with E-state index in [1.165, 1.54) is 6.26 Å². The number of likely N-dealkylation sites (tertiary alicyclic amines) is 1. The Hall–Kier alpha value is -3.16. The second-order valence-electron chi connectivity index (χ2n) is 7.50.